The second-order valence-corrected chi connectivity index (χ2v) is 5.64. The van der Waals surface area contributed by atoms with Crippen LogP contribution in [0.3, 0.4) is 0 Å². The van der Waals surface area contributed by atoms with Gasteiger partial charge in [0.15, 0.2) is 0 Å². The first-order valence-electron chi connectivity index (χ1n) is 7.33. The third-order valence-corrected chi connectivity index (χ3v) is 3.93. The number of methoxy groups -OCH3 is 1. The number of rotatable bonds is 12. The summed E-state index contributed by atoms with van der Waals surface area (Å²) >= 11 is 3.62. The monoisotopic (exact) mass is 359 g/mol. The van der Waals surface area contributed by atoms with Crippen molar-refractivity contribution in [1.29, 1.82) is 0 Å². The average Bonchev–Trinajstić information content (AvgIpc) is 2.49. The quantitative estimate of drug-likeness (QED) is 0.582. The van der Waals surface area contributed by atoms with Crippen molar-refractivity contribution in [1.82, 2.24) is 5.32 Å². The first kappa shape index (κ1) is 18.6. The molecule has 1 unspecified atom stereocenters. The molecule has 0 fully saturated rings. The highest BCUT2D eigenvalue weighted by atomic mass is 79.9. The Morgan fingerprint density at radius 3 is 2.38 bits per heavy atom. The highest BCUT2D eigenvalue weighted by molar-refractivity contribution is 9.10. The molecule has 1 N–H and O–H groups in total. The first-order valence-corrected chi connectivity index (χ1v) is 8.12. The molecule has 0 aliphatic heterocycles. The highest BCUT2D eigenvalue weighted by Crippen LogP contribution is 2.26. The Balaban J connectivity index is 2.25. The van der Waals surface area contributed by atoms with Crippen LogP contribution in [0.4, 0.5) is 0 Å². The van der Waals surface area contributed by atoms with Crippen LogP contribution in [0.1, 0.15) is 17.9 Å². The number of hydrogen-bond donors (Lipinski definition) is 1. The van der Waals surface area contributed by atoms with Gasteiger partial charge < -0.3 is 19.5 Å². The molecule has 0 radical (unpaired) electrons. The predicted octanol–water partition coefficient (Wildman–Crippen LogP) is 2.82. The second kappa shape index (κ2) is 12.1. The normalized spacial score (nSPS) is 12.5. The fourth-order valence-electron chi connectivity index (χ4n) is 2.11. The van der Waals surface area contributed by atoms with E-state index in [0.717, 1.165) is 24.0 Å². The van der Waals surface area contributed by atoms with Crippen molar-refractivity contribution in [3.63, 3.8) is 0 Å². The molecule has 0 heterocycles. The molecule has 0 spiro atoms. The summed E-state index contributed by atoms with van der Waals surface area (Å²) in [6.07, 6.45) is 0.988. The summed E-state index contributed by atoms with van der Waals surface area (Å²) in [5.74, 6) is 0.444. The number of likely N-dealkylation sites (N-methyl/N-ethyl adjacent to an activating group) is 1. The molecule has 21 heavy (non-hydrogen) atoms. The van der Waals surface area contributed by atoms with E-state index in [1.54, 1.807) is 7.11 Å². The molecular weight excluding hydrogens is 334 g/mol. The van der Waals surface area contributed by atoms with Gasteiger partial charge in [-0.1, -0.05) is 34.1 Å². The van der Waals surface area contributed by atoms with Crippen LogP contribution in [-0.2, 0) is 14.2 Å². The third kappa shape index (κ3) is 7.93. The molecular formula is C16H26BrNO3. The zero-order chi connectivity index (χ0) is 15.3. The molecule has 5 heteroatoms. The van der Waals surface area contributed by atoms with Crippen molar-refractivity contribution in [2.75, 3.05) is 53.7 Å². The molecule has 0 amide bonds. The molecule has 1 aromatic carbocycles. The Hall–Kier alpha value is -0.460. The maximum Gasteiger partial charge on any atom is 0.0701 e. The molecule has 0 saturated carbocycles. The predicted molar refractivity (Wildman–Crippen MR) is 88.9 cm³/mol. The number of nitrogens with one attached hydrogen (secondary N) is 1. The largest absolute Gasteiger partial charge is 0.382 e. The van der Waals surface area contributed by atoms with Gasteiger partial charge in [-0.2, -0.15) is 0 Å². The van der Waals surface area contributed by atoms with Gasteiger partial charge in [-0.05, 0) is 31.0 Å². The SMILES string of the molecule is CNCC(CCOCCOCCOC)c1ccccc1Br. The van der Waals surface area contributed by atoms with Crippen LogP contribution in [0.2, 0.25) is 0 Å². The van der Waals surface area contributed by atoms with Crippen molar-refractivity contribution < 1.29 is 14.2 Å². The summed E-state index contributed by atoms with van der Waals surface area (Å²) in [4.78, 5) is 0. The fraction of sp³-hybridized carbons (Fsp3) is 0.625. The van der Waals surface area contributed by atoms with E-state index in [2.05, 4.69) is 39.4 Å². The topological polar surface area (TPSA) is 39.7 Å². The maximum absolute atomic E-state index is 5.64. The van der Waals surface area contributed by atoms with E-state index in [1.165, 1.54) is 5.56 Å². The maximum atomic E-state index is 5.64. The van der Waals surface area contributed by atoms with Crippen LogP contribution in [0.25, 0.3) is 0 Å². The van der Waals surface area contributed by atoms with Gasteiger partial charge >= 0.3 is 0 Å². The zero-order valence-corrected chi connectivity index (χ0v) is 14.5. The lowest BCUT2D eigenvalue weighted by molar-refractivity contribution is 0.0233. The van der Waals surface area contributed by atoms with Gasteiger partial charge in [0, 0.05) is 24.7 Å². The Bertz CT molecular complexity index is 376. The fourth-order valence-corrected chi connectivity index (χ4v) is 2.72. The third-order valence-electron chi connectivity index (χ3n) is 3.21. The number of halogens is 1. The summed E-state index contributed by atoms with van der Waals surface area (Å²) in [7, 11) is 3.65. The van der Waals surface area contributed by atoms with Crippen molar-refractivity contribution in [2.24, 2.45) is 0 Å². The summed E-state index contributed by atoms with van der Waals surface area (Å²) in [6.45, 7) is 4.18. The standard InChI is InChI=1S/C16H26BrNO3/c1-18-13-14(15-5-3-4-6-16(15)17)7-8-20-11-12-21-10-9-19-2/h3-6,14,18H,7-13H2,1-2H3. The Labute approximate surface area is 136 Å². The van der Waals surface area contributed by atoms with Gasteiger partial charge in [0.25, 0.3) is 0 Å². The van der Waals surface area contributed by atoms with Crippen LogP contribution in [-0.4, -0.2) is 53.7 Å². The first-order chi connectivity index (χ1) is 10.3. The number of ether oxygens (including phenoxy) is 3. The lowest BCUT2D eigenvalue weighted by atomic mass is 9.96. The van der Waals surface area contributed by atoms with Crippen LogP contribution >= 0.6 is 15.9 Å². The second-order valence-electron chi connectivity index (χ2n) is 4.78. The Kier molecular flexibility index (Phi) is 10.7. The van der Waals surface area contributed by atoms with Crippen molar-refractivity contribution in [2.45, 2.75) is 12.3 Å². The lowest BCUT2D eigenvalue weighted by Crippen LogP contribution is -2.19. The van der Waals surface area contributed by atoms with E-state index in [4.69, 9.17) is 14.2 Å². The minimum absolute atomic E-state index is 0.444. The molecule has 0 bridgehead atoms. The number of hydrogen-bond acceptors (Lipinski definition) is 4. The number of benzene rings is 1. The van der Waals surface area contributed by atoms with E-state index >= 15 is 0 Å². The van der Waals surface area contributed by atoms with Gasteiger partial charge in [0.1, 0.15) is 0 Å². The summed E-state index contributed by atoms with van der Waals surface area (Å²) in [5, 5.41) is 3.25. The van der Waals surface area contributed by atoms with Crippen LogP contribution in [0.5, 0.6) is 0 Å². The highest BCUT2D eigenvalue weighted by Gasteiger charge is 2.13. The Morgan fingerprint density at radius 1 is 1.05 bits per heavy atom. The molecule has 1 atom stereocenters. The van der Waals surface area contributed by atoms with Gasteiger partial charge in [-0.3, -0.25) is 0 Å². The molecule has 1 aromatic rings. The Morgan fingerprint density at radius 2 is 1.71 bits per heavy atom. The van der Waals surface area contributed by atoms with Gasteiger partial charge in [-0.15, -0.1) is 0 Å². The van der Waals surface area contributed by atoms with E-state index in [-0.39, 0.29) is 0 Å². The minimum atomic E-state index is 0.444. The van der Waals surface area contributed by atoms with Gasteiger partial charge in [0.2, 0.25) is 0 Å². The van der Waals surface area contributed by atoms with E-state index in [0.29, 0.717) is 32.3 Å². The molecule has 4 nitrogen and oxygen atoms in total. The van der Waals surface area contributed by atoms with Crippen LogP contribution in [0, 0.1) is 0 Å². The minimum Gasteiger partial charge on any atom is -0.382 e. The summed E-state index contributed by atoms with van der Waals surface area (Å²) < 4.78 is 17.1. The molecule has 0 aliphatic rings. The average molecular weight is 360 g/mol. The lowest BCUT2D eigenvalue weighted by Gasteiger charge is -2.18. The van der Waals surface area contributed by atoms with Gasteiger partial charge in [-0.25, -0.2) is 0 Å². The van der Waals surface area contributed by atoms with E-state index in [1.807, 2.05) is 13.1 Å². The van der Waals surface area contributed by atoms with Crippen LogP contribution in [0.15, 0.2) is 28.7 Å². The summed E-state index contributed by atoms with van der Waals surface area (Å²) in [6, 6.07) is 8.37. The van der Waals surface area contributed by atoms with Crippen molar-refractivity contribution in [3.05, 3.63) is 34.3 Å². The zero-order valence-electron chi connectivity index (χ0n) is 12.9. The van der Waals surface area contributed by atoms with Gasteiger partial charge in [0.05, 0.1) is 26.4 Å². The van der Waals surface area contributed by atoms with Crippen molar-refractivity contribution >= 4 is 15.9 Å². The smallest absolute Gasteiger partial charge is 0.0701 e. The molecule has 0 aliphatic carbocycles. The van der Waals surface area contributed by atoms with E-state index < -0.39 is 0 Å². The molecule has 0 aromatic heterocycles. The molecule has 1 rings (SSSR count). The molecule has 0 saturated heterocycles. The molecule has 120 valence electrons. The van der Waals surface area contributed by atoms with Crippen molar-refractivity contribution in [3.8, 4) is 0 Å². The van der Waals surface area contributed by atoms with Crippen LogP contribution < -0.4 is 5.32 Å². The van der Waals surface area contributed by atoms with E-state index in [9.17, 15) is 0 Å². The summed E-state index contributed by atoms with van der Waals surface area (Å²) in [5.41, 5.74) is 1.33.